The monoisotopic (exact) mass is 277 g/mol. The molecule has 18 heavy (non-hydrogen) atoms. The summed E-state index contributed by atoms with van der Waals surface area (Å²) < 4.78 is 31.6. The Kier molecular flexibility index (Phi) is 4.24. The predicted molar refractivity (Wildman–Crippen MR) is 64.7 cm³/mol. The van der Waals surface area contributed by atoms with Crippen LogP contribution in [-0.2, 0) is 19.6 Å². The highest BCUT2D eigenvalue weighted by atomic mass is 32.2. The van der Waals surface area contributed by atoms with Gasteiger partial charge in [-0.1, -0.05) is 6.42 Å². The highest BCUT2D eigenvalue weighted by Crippen LogP contribution is 2.33. The number of sulfonamides is 1. The number of nitrogens with zero attached hydrogens (tertiary/aromatic N) is 1. The van der Waals surface area contributed by atoms with Crippen LogP contribution in [0.4, 0.5) is 0 Å². The van der Waals surface area contributed by atoms with E-state index in [1.54, 1.807) is 0 Å². The van der Waals surface area contributed by atoms with Crippen LogP contribution in [-0.4, -0.2) is 55.4 Å². The van der Waals surface area contributed by atoms with Crippen molar-refractivity contribution in [3.63, 3.8) is 0 Å². The summed E-state index contributed by atoms with van der Waals surface area (Å²) in [6, 6.07) is 0. The molecule has 2 fully saturated rings. The molecule has 0 aromatic heterocycles. The minimum atomic E-state index is -3.51. The van der Waals surface area contributed by atoms with E-state index >= 15 is 0 Å². The molecule has 1 heterocycles. The minimum Gasteiger partial charge on any atom is -0.481 e. The Hall–Kier alpha value is -0.660. The van der Waals surface area contributed by atoms with E-state index in [2.05, 4.69) is 0 Å². The number of carbonyl (C=O) groups is 1. The molecule has 2 rings (SSSR count). The number of carboxylic acids is 1. The van der Waals surface area contributed by atoms with Crippen LogP contribution in [0.3, 0.4) is 0 Å². The molecule has 0 amide bonds. The van der Waals surface area contributed by atoms with Crippen LogP contribution in [0.2, 0.25) is 0 Å². The lowest BCUT2D eigenvalue weighted by atomic mass is 10.1. The Labute approximate surface area is 107 Å². The van der Waals surface area contributed by atoms with Crippen molar-refractivity contribution in [2.24, 2.45) is 5.92 Å². The van der Waals surface area contributed by atoms with Crippen LogP contribution >= 0.6 is 0 Å². The standard InChI is InChI=1S/C11H19NO5S/c13-11(14)9-3-1-4-10(9)18(15,16)12-5-2-7-17-8-6-12/h9-10H,1-8H2,(H,13,14). The van der Waals surface area contributed by atoms with Gasteiger partial charge in [0, 0.05) is 19.7 Å². The molecule has 6 nitrogen and oxygen atoms in total. The fraction of sp³-hybridized carbons (Fsp3) is 0.909. The van der Waals surface area contributed by atoms with Crippen molar-refractivity contribution >= 4 is 16.0 Å². The Balaban J connectivity index is 2.16. The molecule has 1 aliphatic heterocycles. The van der Waals surface area contributed by atoms with Gasteiger partial charge in [0.1, 0.15) is 0 Å². The molecule has 0 aromatic rings. The fourth-order valence-corrected chi connectivity index (χ4v) is 4.96. The zero-order chi connectivity index (χ0) is 13.2. The third-order valence-electron chi connectivity index (χ3n) is 3.69. The molecule has 1 saturated carbocycles. The van der Waals surface area contributed by atoms with Crippen LogP contribution in [0.25, 0.3) is 0 Å². The molecule has 0 bridgehead atoms. The first kappa shape index (κ1) is 13.8. The van der Waals surface area contributed by atoms with Crippen molar-refractivity contribution in [3.05, 3.63) is 0 Å². The van der Waals surface area contributed by atoms with Gasteiger partial charge in [0.15, 0.2) is 0 Å². The number of aliphatic carboxylic acids is 1. The van der Waals surface area contributed by atoms with Gasteiger partial charge in [0.25, 0.3) is 0 Å². The van der Waals surface area contributed by atoms with Gasteiger partial charge in [-0.05, 0) is 19.3 Å². The smallest absolute Gasteiger partial charge is 0.307 e. The average molecular weight is 277 g/mol. The highest BCUT2D eigenvalue weighted by Gasteiger charge is 2.44. The van der Waals surface area contributed by atoms with Gasteiger partial charge in [-0.25, -0.2) is 8.42 Å². The van der Waals surface area contributed by atoms with E-state index in [-0.39, 0.29) is 0 Å². The second kappa shape index (κ2) is 5.54. The number of hydrogen-bond acceptors (Lipinski definition) is 4. The van der Waals surface area contributed by atoms with Crippen molar-refractivity contribution in [1.29, 1.82) is 0 Å². The van der Waals surface area contributed by atoms with Gasteiger partial charge >= 0.3 is 5.97 Å². The second-order valence-corrected chi connectivity index (χ2v) is 6.98. The van der Waals surface area contributed by atoms with Crippen LogP contribution < -0.4 is 0 Å². The molecule has 2 atom stereocenters. The molecule has 1 saturated heterocycles. The molecule has 0 aromatic carbocycles. The Morgan fingerprint density at radius 1 is 1.17 bits per heavy atom. The molecular weight excluding hydrogens is 258 g/mol. The molecule has 1 N–H and O–H groups in total. The molecule has 2 unspecified atom stereocenters. The van der Waals surface area contributed by atoms with Crippen LogP contribution in [0, 0.1) is 5.92 Å². The summed E-state index contributed by atoms with van der Waals surface area (Å²) in [6.45, 7) is 1.74. The van der Waals surface area contributed by atoms with Crippen LogP contribution in [0.15, 0.2) is 0 Å². The minimum absolute atomic E-state index is 0.338. The first-order valence-electron chi connectivity index (χ1n) is 6.33. The van der Waals surface area contributed by atoms with E-state index in [0.29, 0.717) is 52.0 Å². The highest BCUT2D eigenvalue weighted by molar-refractivity contribution is 7.89. The molecule has 104 valence electrons. The van der Waals surface area contributed by atoms with E-state index in [1.807, 2.05) is 0 Å². The normalized spacial score (nSPS) is 31.1. The summed E-state index contributed by atoms with van der Waals surface area (Å²) in [5.41, 5.74) is 0. The van der Waals surface area contributed by atoms with Crippen molar-refractivity contribution in [2.45, 2.75) is 30.9 Å². The molecule has 0 spiro atoms. The maximum Gasteiger partial charge on any atom is 0.307 e. The second-order valence-electron chi connectivity index (χ2n) is 4.82. The first-order valence-corrected chi connectivity index (χ1v) is 7.83. The Morgan fingerprint density at radius 2 is 1.94 bits per heavy atom. The quantitative estimate of drug-likeness (QED) is 0.801. The first-order chi connectivity index (χ1) is 8.53. The summed E-state index contributed by atoms with van der Waals surface area (Å²) in [5, 5.41) is 8.34. The Morgan fingerprint density at radius 3 is 2.67 bits per heavy atom. The third kappa shape index (κ3) is 2.67. The Bertz CT molecular complexity index is 400. The summed E-state index contributed by atoms with van der Waals surface area (Å²) in [7, 11) is -3.51. The van der Waals surface area contributed by atoms with Crippen molar-refractivity contribution < 1.29 is 23.1 Å². The average Bonchev–Trinajstić information content (AvgIpc) is 2.65. The van der Waals surface area contributed by atoms with Gasteiger partial charge in [-0.15, -0.1) is 0 Å². The molecule has 1 aliphatic carbocycles. The van der Waals surface area contributed by atoms with Gasteiger partial charge < -0.3 is 9.84 Å². The summed E-state index contributed by atoms with van der Waals surface area (Å²) in [5.74, 6) is -1.74. The van der Waals surface area contributed by atoms with E-state index in [1.165, 1.54) is 4.31 Å². The molecular formula is C11H19NO5S. The largest absolute Gasteiger partial charge is 0.481 e. The maximum absolute atomic E-state index is 12.5. The molecule has 7 heteroatoms. The van der Waals surface area contributed by atoms with Gasteiger partial charge in [-0.2, -0.15) is 4.31 Å². The number of carboxylic acid groups (broad SMARTS) is 1. The zero-order valence-electron chi connectivity index (χ0n) is 10.2. The maximum atomic E-state index is 12.5. The predicted octanol–water partition coefficient (Wildman–Crippen LogP) is 0.292. The molecule has 0 radical (unpaired) electrons. The van der Waals surface area contributed by atoms with E-state index in [0.717, 1.165) is 0 Å². The lowest BCUT2D eigenvalue weighted by molar-refractivity contribution is -0.141. The van der Waals surface area contributed by atoms with Crippen molar-refractivity contribution in [1.82, 2.24) is 4.31 Å². The lowest BCUT2D eigenvalue weighted by Crippen LogP contribution is -2.43. The van der Waals surface area contributed by atoms with E-state index in [9.17, 15) is 13.2 Å². The third-order valence-corrected chi connectivity index (χ3v) is 6.11. The van der Waals surface area contributed by atoms with Gasteiger partial charge in [0.2, 0.25) is 10.0 Å². The topological polar surface area (TPSA) is 83.9 Å². The molecule has 2 aliphatic rings. The zero-order valence-corrected chi connectivity index (χ0v) is 11.1. The van der Waals surface area contributed by atoms with E-state index in [4.69, 9.17) is 9.84 Å². The summed E-state index contributed by atoms with van der Waals surface area (Å²) in [4.78, 5) is 11.1. The van der Waals surface area contributed by atoms with Gasteiger partial charge in [0.05, 0.1) is 17.8 Å². The van der Waals surface area contributed by atoms with Crippen molar-refractivity contribution in [2.75, 3.05) is 26.3 Å². The van der Waals surface area contributed by atoms with Crippen LogP contribution in [0.5, 0.6) is 0 Å². The van der Waals surface area contributed by atoms with Crippen LogP contribution in [0.1, 0.15) is 25.7 Å². The SMILES string of the molecule is O=C(O)C1CCCC1S(=O)(=O)N1CCCOCC1. The number of ether oxygens (including phenoxy) is 1. The van der Waals surface area contributed by atoms with Crippen molar-refractivity contribution in [3.8, 4) is 0 Å². The fourth-order valence-electron chi connectivity index (χ4n) is 2.73. The van der Waals surface area contributed by atoms with Gasteiger partial charge in [-0.3, -0.25) is 4.79 Å². The number of rotatable bonds is 3. The lowest BCUT2D eigenvalue weighted by Gasteiger charge is -2.25. The van der Waals surface area contributed by atoms with E-state index < -0.39 is 27.2 Å². The summed E-state index contributed by atoms with van der Waals surface area (Å²) in [6.07, 6.45) is 2.26. The number of hydrogen-bond donors (Lipinski definition) is 1. The summed E-state index contributed by atoms with van der Waals surface area (Å²) >= 11 is 0.